The third kappa shape index (κ3) is 4.57. The summed E-state index contributed by atoms with van der Waals surface area (Å²) in [5.74, 6) is 2.39. The van der Waals surface area contributed by atoms with Crippen LogP contribution in [0.1, 0.15) is 25.6 Å². The molecule has 1 aliphatic heterocycles. The standard InChI is InChI=1S/C26H28N6O2/c1-3-24-27-9-6-22(31-24)18-12-17-4-5-20(34-2)14-21(17)23(13-18)30-19-7-10-32(11-8-19)25-15-26(33)29-16-28-25/h4-6,9,12-16,19,30H,3,7-8,10-11H2,1-2H3,(H,28,29,33). The molecule has 0 spiro atoms. The van der Waals surface area contributed by atoms with Crippen LogP contribution in [0, 0.1) is 0 Å². The van der Waals surface area contributed by atoms with Gasteiger partial charge in [-0.05, 0) is 48.6 Å². The average molecular weight is 457 g/mol. The van der Waals surface area contributed by atoms with Crippen LogP contribution in [0.2, 0.25) is 0 Å². The number of aromatic nitrogens is 4. The molecule has 1 fully saturated rings. The Hall–Kier alpha value is -3.94. The number of benzene rings is 2. The minimum absolute atomic E-state index is 0.126. The van der Waals surface area contributed by atoms with Crippen molar-refractivity contribution < 1.29 is 4.74 Å². The quantitative estimate of drug-likeness (QED) is 0.452. The topological polar surface area (TPSA) is 96.0 Å². The van der Waals surface area contributed by atoms with Crippen molar-refractivity contribution in [2.24, 2.45) is 0 Å². The first kappa shape index (κ1) is 21.9. The van der Waals surface area contributed by atoms with E-state index in [1.165, 1.54) is 6.33 Å². The van der Waals surface area contributed by atoms with E-state index in [4.69, 9.17) is 9.72 Å². The summed E-state index contributed by atoms with van der Waals surface area (Å²) >= 11 is 0. The highest BCUT2D eigenvalue weighted by Gasteiger charge is 2.21. The van der Waals surface area contributed by atoms with Crippen LogP contribution in [0.3, 0.4) is 0 Å². The van der Waals surface area contributed by atoms with E-state index in [0.29, 0.717) is 6.04 Å². The van der Waals surface area contributed by atoms with Gasteiger partial charge in [-0.1, -0.05) is 13.0 Å². The molecular formula is C26H28N6O2. The van der Waals surface area contributed by atoms with Crippen molar-refractivity contribution in [3.05, 3.63) is 71.2 Å². The third-order valence-electron chi connectivity index (χ3n) is 6.32. The fraction of sp³-hybridized carbons (Fsp3) is 0.308. The van der Waals surface area contributed by atoms with Crippen LogP contribution in [0.25, 0.3) is 22.0 Å². The summed E-state index contributed by atoms with van der Waals surface area (Å²) in [5, 5.41) is 6.03. The molecule has 8 nitrogen and oxygen atoms in total. The third-order valence-corrected chi connectivity index (χ3v) is 6.32. The van der Waals surface area contributed by atoms with Gasteiger partial charge in [0.15, 0.2) is 0 Å². The van der Waals surface area contributed by atoms with Crippen molar-refractivity contribution in [1.29, 1.82) is 0 Å². The Bertz CT molecular complexity index is 1360. The molecule has 1 saturated heterocycles. The lowest BCUT2D eigenvalue weighted by Crippen LogP contribution is -2.40. The number of hydrogen-bond acceptors (Lipinski definition) is 7. The number of piperidine rings is 1. The monoisotopic (exact) mass is 456 g/mol. The van der Waals surface area contributed by atoms with Crippen molar-refractivity contribution in [3.63, 3.8) is 0 Å². The van der Waals surface area contributed by atoms with Crippen LogP contribution in [-0.4, -0.2) is 46.2 Å². The van der Waals surface area contributed by atoms with Crippen LogP contribution < -0.4 is 20.5 Å². The van der Waals surface area contributed by atoms with Gasteiger partial charge in [-0.15, -0.1) is 0 Å². The van der Waals surface area contributed by atoms with Gasteiger partial charge in [-0.3, -0.25) is 4.79 Å². The van der Waals surface area contributed by atoms with Crippen LogP contribution >= 0.6 is 0 Å². The molecule has 3 heterocycles. The second-order valence-electron chi connectivity index (χ2n) is 8.50. The summed E-state index contributed by atoms with van der Waals surface area (Å²) in [5.41, 5.74) is 2.92. The van der Waals surface area contributed by atoms with E-state index in [-0.39, 0.29) is 5.56 Å². The number of nitrogens with zero attached hydrogens (tertiary/aromatic N) is 4. The Balaban J connectivity index is 1.44. The number of hydrogen-bond donors (Lipinski definition) is 2. The van der Waals surface area contributed by atoms with Crippen LogP contribution in [0.15, 0.2) is 59.8 Å². The molecule has 2 aromatic carbocycles. The minimum atomic E-state index is -0.126. The van der Waals surface area contributed by atoms with Gasteiger partial charge in [0.2, 0.25) is 0 Å². The van der Waals surface area contributed by atoms with Gasteiger partial charge in [0.25, 0.3) is 5.56 Å². The maximum atomic E-state index is 11.7. The van der Waals surface area contributed by atoms with E-state index in [1.807, 2.05) is 18.3 Å². The molecule has 0 aliphatic carbocycles. The maximum Gasteiger partial charge on any atom is 0.252 e. The first-order valence-corrected chi connectivity index (χ1v) is 11.6. The SMILES string of the molecule is CCc1nccc(-c2cc(NC3CCN(c4cc(=O)[nH]cn4)CC3)c3cc(OC)ccc3c2)n1. The molecule has 2 N–H and O–H groups in total. The van der Waals surface area contributed by atoms with Gasteiger partial charge in [0.1, 0.15) is 17.4 Å². The second kappa shape index (κ2) is 9.51. The fourth-order valence-corrected chi connectivity index (χ4v) is 4.47. The first-order chi connectivity index (χ1) is 16.6. The zero-order valence-corrected chi connectivity index (χ0v) is 19.4. The first-order valence-electron chi connectivity index (χ1n) is 11.6. The summed E-state index contributed by atoms with van der Waals surface area (Å²) in [6.07, 6.45) is 5.97. The molecule has 34 heavy (non-hydrogen) atoms. The molecule has 174 valence electrons. The smallest absolute Gasteiger partial charge is 0.252 e. The molecule has 8 heteroatoms. The maximum absolute atomic E-state index is 11.7. The van der Waals surface area contributed by atoms with Crippen molar-refractivity contribution >= 4 is 22.3 Å². The molecular weight excluding hydrogens is 428 g/mol. The Kier molecular flexibility index (Phi) is 6.12. The van der Waals surface area contributed by atoms with Crippen LogP contribution in [0.4, 0.5) is 11.5 Å². The number of aryl methyl sites for hydroxylation is 1. The van der Waals surface area contributed by atoms with Gasteiger partial charge in [0.05, 0.1) is 19.1 Å². The van der Waals surface area contributed by atoms with E-state index < -0.39 is 0 Å². The van der Waals surface area contributed by atoms with E-state index in [9.17, 15) is 4.79 Å². The number of ether oxygens (including phenoxy) is 1. The van der Waals surface area contributed by atoms with E-state index in [0.717, 1.165) is 77.5 Å². The van der Waals surface area contributed by atoms with Crippen molar-refractivity contribution in [1.82, 2.24) is 19.9 Å². The second-order valence-corrected chi connectivity index (χ2v) is 8.50. The Morgan fingerprint density at radius 1 is 1.12 bits per heavy atom. The van der Waals surface area contributed by atoms with Crippen molar-refractivity contribution in [2.45, 2.75) is 32.2 Å². The van der Waals surface area contributed by atoms with Gasteiger partial charge in [-0.2, -0.15) is 0 Å². The van der Waals surface area contributed by atoms with Gasteiger partial charge in [0, 0.05) is 54.5 Å². The molecule has 0 unspecified atom stereocenters. The Morgan fingerprint density at radius 3 is 2.74 bits per heavy atom. The largest absolute Gasteiger partial charge is 0.497 e. The lowest BCUT2D eigenvalue weighted by molar-refractivity contribution is 0.415. The molecule has 0 amide bonds. The molecule has 0 bridgehead atoms. The predicted molar refractivity (Wildman–Crippen MR) is 135 cm³/mol. The number of anilines is 2. The average Bonchev–Trinajstić information content (AvgIpc) is 2.89. The summed E-state index contributed by atoms with van der Waals surface area (Å²) in [4.78, 5) is 29.8. The number of fused-ring (bicyclic) bond motifs is 1. The van der Waals surface area contributed by atoms with E-state index in [2.05, 4.69) is 56.4 Å². The minimum Gasteiger partial charge on any atom is -0.497 e. The zero-order chi connectivity index (χ0) is 23.5. The summed E-state index contributed by atoms with van der Waals surface area (Å²) in [7, 11) is 1.69. The molecule has 0 radical (unpaired) electrons. The van der Waals surface area contributed by atoms with E-state index in [1.54, 1.807) is 13.2 Å². The Morgan fingerprint density at radius 2 is 1.97 bits per heavy atom. The van der Waals surface area contributed by atoms with Crippen LogP contribution in [-0.2, 0) is 6.42 Å². The summed E-state index contributed by atoms with van der Waals surface area (Å²) in [6, 6.07) is 14.3. The van der Waals surface area contributed by atoms with Crippen molar-refractivity contribution in [3.8, 4) is 17.0 Å². The highest BCUT2D eigenvalue weighted by atomic mass is 16.5. The zero-order valence-electron chi connectivity index (χ0n) is 19.4. The molecule has 4 aromatic rings. The Labute approximate surface area is 198 Å². The van der Waals surface area contributed by atoms with Crippen LogP contribution in [0.5, 0.6) is 5.75 Å². The molecule has 1 aliphatic rings. The lowest BCUT2D eigenvalue weighted by Gasteiger charge is -2.33. The number of aromatic amines is 1. The number of rotatable bonds is 6. The van der Waals surface area contributed by atoms with E-state index >= 15 is 0 Å². The lowest BCUT2D eigenvalue weighted by atomic mass is 9.99. The van der Waals surface area contributed by atoms with Gasteiger partial charge < -0.3 is 19.9 Å². The van der Waals surface area contributed by atoms with Crippen molar-refractivity contribution in [2.75, 3.05) is 30.4 Å². The summed E-state index contributed by atoms with van der Waals surface area (Å²) in [6.45, 7) is 3.73. The molecule has 5 rings (SSSR count). The summed E-state index contributed by atoms with van der Waals surface area (Å²) < 4.78 is 5.50. The van der Waals surface area contributed by atoms with Gasteiger partial charge >= 0.3 is 0 Å². The predicted octanol–water partition coefficient (Wildman–Crippen LogP) is 4.03. The molecule has 2 aromatic heterocycles. The van der Waals surface area contributed by atoms with Gasteiger partial charge in [-0.25, -0.2) is 15.0 Å². The number of nitrogens with one attached hydrogen (secondary N) is 2. The normalized spacial score (nSPS) is 14.4. The number of H-pyrrole nitrogens is 1. The fourth-order valence-electron chi connectivity index (χ4n) is 4.47. The molecule has 0 saturated carbocycles. The molecule has 0 atom stereocenters. The highest BCUT2D eigenvalue weighted by Crippen LogP contribution is 2.34. The highest BCUT2D eigenvalue weighted by molar-refractivity contribution is 5.98. The number of methoxy groups -OCH3 is 1.